The number of halogens is 3. The van der Waals surface area contributed by atoms with E-state index in [0.717, 1.165) is 17.8 Å². The molecule has 0 aliphatic heterocycles. The molecule has 0 saturated carbocycles. The summed E-state index contributed by atoms with van der Waals surface area (Å²) in [7, 11) is 0. The van der Waals surface area contributed by atoms with Crippen molar-refractivity contribution in [1.29, 1.82) is 0 Å². The fraction of sp³-hybridized carbons (Fsp3) is 0.250. The molecule has 0 spiro atoms. The number of hydrogen-bond donors (Lipinski definition) is 1. The fourth-order valence-electron chi connectivity index (χ4n) is 1.82. The molecule has 0 aliphatic carbocycles. The molecule has 0 fully saturated rings. The van der Waals surface area contributed by atoms with Crippen molar-refractivity contribution in [1.82, 2.24) is 9.55 Å². The van der Waals surface area contributed by atoms with E-state index in [4.69, 9.17) is 5.73 Å². The number of nitrogen functional groups attached to an aromatic ring is 1. The summed E-state index contributed by atoms with van der Waals surface area (Å²) in [6.45, 7) is 3.50. The van der Waals surface area contributed by atoms with Crippen molar-refractivity contribution in [3.05, 3.63) is 41.5 Å². The Morgan fingerprint density at radius 1 is 1.17 bits per heavy atom. The van der Waals surface area contributed by atoms with Crippen molar-refractivity contribution in [3.63, 3.8) is 0 Å². The highest BCUT2D eigenvalue weighted by molar-refractivity contribution is 5.52. The minimum Gasteiger partial charge on any atom is -0.399 e. The number of aromatic nitrogens is 2. The molecule has 0 amide bonds. The maximum atomic E-state index is 12.7. The van der Waals surface area contributed by atoms with E-state index < -0.39 is 11.7 Å². The molecule has 1 heterocycles. The van der Waals surface area contributed by atoms with Gasteiger partial charge in [-0.2, -0.15) is 13.2 Å². The molecule has 0 radical (unpaired) electrons. The van der Waals surface area contributed by atoms with Crippen LogP contribution >= 0.6 is 0 Å². The summed E-state index contributed by atoms with van der Waals surface area (Å²) in [6, 6.07) is 3.47. The Morgan fingerprint density at radius 3 is 2.33 bits per heavy atom. The van der Waals surface area contributed by atoms with Crippen LogP contribution in [0.25, 0.3) is 5.69 Å². The second-order valence-corrected chi connectivity index (χ2v) is 4.11. The lowest BCUT2D eigenvalue weighted by Gasteiger charge is -2.11. The van der Waals surface area contributed by atoms with Crippen LogP contribution in [-0.2, 0) is 6.18 Å². The number of aryl methyl sites for hydroxylation is 2. The van der Waals surface area contributed by atoms with Gasteiger partial charge in [-0.1, -0.05) is 0 Å². The zero-order chi connectivity index (χ0) is 13.5. The van der Waals surface area contributed by atoms with Crippen molar-refractivity contribution in [3.8, 4) is 5.69 Å². The lowest BCUT2D eigenvalue weighted by atomic mass is 10.1. The maximum absolute atomic E-state index is 12.7. The first-order valence-corrected chi connectivity index (χ1v) is 5.28. The zero-order valence-electron chi connectivity index (χ0n) is 9.92. The van der Waals surface area contributed by atoms with E-state index in [9.17, 15) is 13.2 Å². The summed E-state index contributed by atoms with van der Waals surface area (Å²) >= 11 is 0. The topological polar surface area (TPSA) is 43.8 Å². The van der Waals surface area contributed by atoms with Crippen LogP contribution in [-0.4, -0.2) is 9.55 Å². The molecule has 0 saturated heterocycles. The number of nitrogens with zero attached hydrogens (tertiary/aromatic N) is 2. The second-order valence-electron chi connectivity index (χ2n) is 4.11. The molecule has 2 N–H and O–H groups in total. The van der Waals surface area contributed by atoms with Crippen LogP contribution in [0.4, 0.5) is 18.9 Å². The van der Waals surface area contributed by atoms with E-state index in [-0.39, 0.29) is 5.69 Å². The van der Waals surface area contributed by atoms with Crippen LogP contribution in [0.3, 0.4) is 0 Å². The Kier molecular flexibility index (Phi) is 2.80. The maximum Gasteiger partial charge on any atom is 0.416 e. The standard InChI is InChI=1S/C12H12F3N3/c1-7-6-18(8(2)17-7)11-4-9(12(13,14)15)3-10(16)5-11/h3-6H,16H2,1-2H3. The van der Waals surface area contributed by atoms with E-state index >= 15 is 0 Å². The normalized spacial score (nSPS) is 11.8. The first-order valence-electron chi connectivity index (χ1n) is 5.28. The average Bonchev–Trinajstić information content (AvgIpc) is 2.55. The molecule has 0 atom stereocenters. The van der Waals surface area contributed by atoms with Crippen LogP contribution < -0.4 is 5.73 Å². The Morgan fingerprint density at radius 2 is 1.83 bits per heavy atom. The van der Waals surface area contributed by atoms with E-state index in [0.29, 0.717) is 11.5 Å². The van der Waals surface area contributed by atoms with Crippen LogP contribution in [0.15, 0.2) is 24.4 Å². The van der Waals surface area contributed by atoms with Crippen molar-refractivity contribution >= 4 is 5.69 Å². The van der Waals surface area contributed by atoms with E-state index in [1.807, 2.05) is 0 Å². The predicted molar refractivity (Wildman–Crippen MR) is 62.5 cm³/mol. The minimum absolute atomic E-state index is 0.0746. The number of alkyl halides is 3. The van der Waals surface area contributed by atoms with Crippen molar-refractivity contribution in [2.24, 2.45) is 0 Å². The third-order valence-electron chi connectivity index (χ3n) is 2.55. The van der Waals surface area contributed by atoms with Gasteiger partial charge in [0, 0.05) is 17.6 Å². The van der Waals surface area contributed by atoms with Crippen LogP contribution in [0.2, 0.25) is 0 Å². The van der Waals surface area contributed by atoms with Gasteiger partial charge in [0.15, 0.2) is 0 Å². The summed E-state index contributed by atoms with van der Waals surface area (Å²) in [5, 5.41) is 0. The van der Waals surface area contributed by atoms with E-state index in [2.05, 4.69) is 4.98 Å². The largest absolute Gasteiger partial charge is 0.416 e. The molecule has 0 bridgehead atoms. The average molecular weight is 255 g/mol. The number of nitrogens with two attached hydrogens (primary N) is 1. The van der Waals surface area contributed by atoms with Gasteiger partial charge in [-0.3, -0.25) is 0 Å². The molecule has 3 nitrogen and oxygen atoms in total. The van der Waals surface area contributed by atoms with Crippen LogP contribution in [0.5, 0.6) is 0 Å². The number of hydrogen-bond acceptors (Lipinski definition) is 2. The molecule has 2 rings (SSSR count). The van der Waals surface area contributed by atoms with Gasteiger partial charge in [0.05, 0.1) is 11.3 Å². The van der Waals surface area contributed by atoms with Crippen LogP contribution in [0.1, 0.15) is 17.1 Å². The van der Waals surface area contributed by atoms with Gasteiger partial charge in [-0.15, -0.1) is 0 Å². The summed E-state index contributed by atoms with van der Waals surface area (Å²) in [5.74, 6) is 0.617. The Balaban J connectivity index is 2.59. The molecule has 1 aromatic carbocycles. The van der Waals surface area contributed by atoms with Crippen LogP contribution in [0, 0.1) is 13.8 Å². The van der Waals surface area contributed by atoms with E-state index in [1.165, 1.54) is 6.07 Å². The third kappa shape index (κ3) is 2.32. The predicted octanol–water partition coefficient (Wildman–Crippen LogP) is 3.09. The van der Waals surface area contributed by atoms with E-state index in [1.54, 1.807) is 24.6 Å². The molecular weight excluding hydrogens is 243 g/mol. The fourth-order valence-corrected chi connectivity index (χ4v) is 1.82. The zero-order valence-corrected chi connectivity index (χ0v) is 9.92. The van der Waals surface area contributed by atoms with Gasteiger partial charge in [0.25, 0.3) is 0 Å². The smallest absolute Gasteiger partial charge is 0.399 e. The van der Waals surface area contributed by atoms with Crippen molar-refractivity contribution < 1.29 is 13.2 Å². The Hall–Kier alpha value is -1.98. The van der Waals surface area contributed by atoms with Gasteiger partial charge in [-0.05, 0) is 32.0 Å². The lowest BCUT2D eigenvalue weighted by Crippen LogP contribution is -2.08. The number of rotatable bonds is 1. The Labute approximate surface area is 102 Å². The van der Waals surface area contributed by atoms with Gasteiger partial charge in [0.1, 0.15) is 5.82 Å². The van der Waals surface area contributed by atoms with Gasteiger partial charge >= 0.3 is 6.18 Å². The van der Waals surface area contributed by atoms with Gasteiger partial charge in [0.2, 0.25) is 0 Å². The molecule has 0 unspecified atom stereocenters. The molecule has 96 valence electrons. The molecule has 2 aromatic rings. The third-order valence-corrected chi connectivity index (χ3v) is 2.55. The second kappa shape index (κ2) is 4.04. The number of anilines is 1. The summed E-state index contributed by atoms with van der Waals surface area (Å²) in [4.78, 5) is 4.15. The molecule has 0 aliphatic rings. The number of benzene rings is 1. The minimum atomic E-state index is -4.41. The first-order chi connectivity index (χ1) is 8.27. The summed E-state index contributed by atoms with van der Waals surface area (Å²) < 4.78 is 39.7. The van der Waals surface area contributed by atoms with Gasteiger partial charge in [-0.25, -0.2) is 4.98 Å². The summed E-state index contributed by atoms with van der Waals surface area (Å²) in [5.41, 5.74) is 5.93. The number of imidazole rings is 1. The first kappa shape index (κ1) is 12.5. The van der Waals surface area contributed by atoms with Crippen molar-refractivity contribution in [2.75, 3.05) is 5.73 Å². The van der Waals surface area contributed by atoms with Gasteiger partial charge < -0.3 is 10.3 Å². The quantitative estimate of drug-likeness (QED) is 0.796. The van der Waals surface area contributed by atoms with Crippen molar-refractivity contribution in [2.45, 2.75) is 20.0 Å². The SMILES string of the molecule is Cc1cn(-c2cc(N)cc(C(F)(F)F)c2)c(C)n1. The monoisotopic (exact) mass is 255 g/mol. The highest BCUT2D eigenvalue weighted by Gasteiger charge is 2.31. The lowest BCUT2D eigenvalue weighted by molar-refractivity contribution is -0.137. The molecule has 6 heteroatoms. The molecular formula is C12H12F3N3. The molecule has 18 heavy (non-hydrogen) atoms. The summed E-state index contributed by atoms with van der Waals surface area (Å²) in [6.07, 6.45) is -2.74. The highest BCUT2D eigenvalue weighted by atomic mass is 19.4. The Bertz CT molecular complexity index is 585. The highest BCUT2D eigenvalue weighted by Crippen LogP contribution is 2.32. The molecule has 1 aromatic heterocycles.